The summed E-state index contributed by atoms with van der Waals surface area (Å²) in [5.41, 5.74) is 1.20. The molecule has 3 heterocycles. The molecule has 1 aliphatic heterocycles. The Balaban J connectivity index is 0.00000208. The zero-order valence-electron chi connectivity index (χ0n) is 14.0. The van der Waals surface area contributed by atoms with Gasteiger partial charge in [0.2, 0.25) is 5.89 Å². The average Bonchev–Trinajstić information content (AvgIpc) is 3.05. The van der Waals surface area contributed by atoms with Crippen molar-refractivity contribution in [3.63, 3.8) is 0 Å². The molecule has 0 radical (unpaired) electrons. The minimum absolute atomic E-state index is 0. The Morgan fingerprint density at radius 1 is 1.50 bits per heavy atom. The second kappa shape index (κ2) is 9.08. The zero-order valence-corrected chi connectivity index (χ0v) is 14.8. The lowest BCUT2D eigenvalue weighted by Gasteiger charge is -2.35. The first-order chi connectivity index (χ1) is 11.3. The minimum Gasteiger partial charge on any atom is -0.371 e. The lowest BCUT2D eigenvalue weighted by Crippen LogP contribution is -2.45. The fourth-order valence-electron chi connectivity index (χ4n) is 2.83. The number of ether oxygens (including phenoxy) is 1. The third-order valence-corrected chi connectivity index (χ3v) is 4.03. The van der Waals surface area contributed by atoms with Gasteiger partial charge in [-0.1, -0.05) is 11.2 Å². The Hall–Kier alpha value is -1.54. The molecule has 2 aromatic rings. The van der Waals surface area contributed by atoms with Gasteiger partial charge in [0.05, 0.1) is 6.54 Å². The standard InChI is InChI=1S/C16H23N5O2.ClH/c1-3-22-12(2)16-19-15(23-20-16)11-21-8-7-18-10-14(21)13-5-4-6-17-9-13;/h4-6,9,12,14,18H,3,7-8,10-11H2,1-2H3;1H. The molecule has 0 saturated carbocycles. The van der Waals surface area contributed by atoms with Crippen molar-refractivity contribution < 1.29 is 9.26 Å². The van der Waals surface area contributed by atoms with Gasteiger partial charge >= 0.3 is 0 Å². The van der Waals surface area contributed by atoms with Crippen LogP contribution in [0.25, 0.3) is 0 Å². The number of piperazine rings is 1. The molecule has 132 valence electrons. The molecule has 3 rings (SSSR count). The molecule has 1 saturated heterocycles. The van der Waals surface area contributed by atoms with Crippen molar-refractivity contribution in [3.05, 3.63) is 41.8 Å². The number of nitrogens with zero attached hydrogens (tertiary/aromatic N) is 4. The molecule has 24 heavy (non-hydrogen) atoms. The van der Waals surface area contributed by atoms with E-state index in [2.05, 4.69) is 31.4 Å². The van der Waals surface area contributed by atoms with Crippen LogP contribution in [0, 0.1) is 0 Å². The van der Waals surface area contributed by atoms with Crippen molar-refractivity contribution in [2.75, 3.05) is 26.2 Å². The summed E-state index contributed by atoms with van der Waals surface area (Å²) in [6, 6.07) is 4.34. The molecule has 0 aromatic carbocycles. The molecule has 0 aliphatic carbocycles. The first-order valence-electron chi connectivity index (χ1n) is 8.06. The SMILES string of the molecule is CCOC(C)c1noc(CN2CCNCC2c2cccnc2)n1.Cl. The van der Waals surface area contributed by atoms with Gasteiger partial charge in [0.1, 0.15) is 6.10 Å². The normalized spacial score (nSPS) is 19.7. The quantitative estimate of drug-likeness (QED) is 0.852. The maximum absolute atomic E-state index is 5.50. The summed E-state index contributed by atoms with van der Waals surface area (Å²) >= 11 is 0. The Bertz CT molecular complexity index is 610. The van der Waals surface area contributed by atoms with E-state index < -0.39 is 0 Å². The first kappa shape index (κ1) is 18.8. The number of hydrogen-bond donors (Lipinski definition) is 1. The predicted molar refractivity (Wildman–Crippen MR) is 91.8 cm³/mol. The topological polar surface area (TPSA) is 76.3 Å². The third-order valence-electron chi connectivity index (χ3n) is 4.03. The van der Waals surface area contributed by atoms with Gasteiger partial charge in [0.25, 0.3) is 0 Å². The average molecular weight is 354 g/mol. The van der Waals surface area contributed by atoms with Crippen molar-refractivity contribution >= 4 is 12.4 Å². The van der Waals surface area contributed by atoms with E-state index in [0.29, 0.717) is 24.9 Å². The number of hydrogen-bond acceptors (Lipinski definition) is 7. The summed E-state index contributed by atoms with van der Waals surface area (Å²) < 4.78 is 10.9. The summed E-state index contributed by atoms with van der Waals surface area (Å²) in [7, 11) is 0. The molecule has 2 unspecified atom stereocenters. The van der Waals surface area contributed by atoms with Gasteiger partial charge in [-0.05, 0) is 25.5 Å². The van der Waals surface area contributed by atoms with Crippen LogP contribution in [0.5, 0.6) is 0 Å². The van der Waals surface area contributed by atoms with Crippen LogP contribution < -0.4 is 5.32 Å². The molecule has 8 heteroatoms. The molecular formula is C16H24ClN5O2. The molecule has 1 aliphatic rings. The fourth-order valence-corrected chi connectivity index (χ4v) is 2.83. The number of halogens is 1. The Kier molecular flexibility index (Phi) is 7.11. The van der Waals surface area contributed by atoms with E-state index in [1.165, 1.54) is 5.56 Å². The number of nitrogens with one attached hydrogen (secondary N) is 1. The van der Waals surface area contributed by atoms with E-state index in [9.17, 15) is 0 Å². The van der Waals surface area contributed by atoms with Crippen LogP contribution in [0.3, 0.4) is 0 Å². The fraction of sp³-hybridized carbons (Fsp3) is 0.562. The molecule has 0 spiro atoms. The van der Waals surface area contributed by atoms with Crippen molar-refractivity contribution in [3.8, 4) is 0 Å². The lowest BCUT2D eigenvalue weighted by atomic mass is 10.1. The molecule has 2 atom stereocenters. The Morgan fingerprint density at radius 2 is 2.38 bits per heavy atom. The van der Waals surface area contributed by atoms with Crippen molar-refractivity contribution in [2.24, 2.45) is 0 Å². The van der Waals surface area contributed by atoms with Gasteiger partial charge < -0.3 is 14.6 Å². The molecule has 2 aromatic heterocycles. The van der Waals surface area contributed by atoms with E-state index >= 15 is 0 Å². The first-order valence-corrected chi connectivity index (χ1v) is 8.06. The summed E-state index contributed by atoms with van der Waals surface area (Å²) in [4.78, 5) is 11.0. The van der Waals surface area contributed by atoms with Crippen LogP contribution in [0.15, 0.2) is 29.0 Å². The van der Waals surface area contributed by atoms with Gasteiger partial charge in [-0.2, -0.15) is 4.98 Å². The van der Waals surface area contributed by atoms with Crippen molar-refractivity contribution in [1.82, 2.24) is 25.3 Å². The summed E-state index contributed by atoms with van der Waals surface area (Å²) in [6.07, 6.45) is 3.57. The van der Waals surface area contributed by atoms with Gasteiger partial charge in [0.15, 0.2) is 5.82 Å². The highest BCUT2D eigenvalue weighted by Crippen LogP contribution is 2.23. The van der Waals surface area contributed by atoms with Crippen LogP contribution in [0.2, 0.25) is 0 Å². The monoisotopic (exact) mass is 353 g/mol. The summed E-state index contributed by atoms with van der Waals surface area (Å²) in [5.74, 6) is 1.23. The number of aromatic nitrogens is 3. The van der Waals surface area contributed by atoms with Gasteiger partial charge in [-0.15, -0.1) is 12.4 Å². The second-order valence-electron chi connectivity index (χ2n) is 5.62. The maximum atomic E-state index is 5.50. The maximum Gasteiger partial charge on any atom is 0.240 e. The van der Waals surface area contributed by atoms with Crippen LogP contribution in [0.1, 0.15) is 43.3 Å². The lowest BCUT2D eigenvalue weighted by molar-refractivity contribution is 0.0683. The highest BCUT2D eigenvalue weighted by Gasteiger charge is 2.26. The van der Waals surface area contributed by atoms with Crippen LogP contribution in [-0.4, -0.2) is 46.3 Å². The van der Waals surface area contributed by atoms with Gasteiger partial charge in [-0.25, -0.2) is 0 Å². The molecular weight excluding hydrogens is 330 g/mol. The van der Waals surface area contributed by atoms with Crippen molar-refractivity contribution in [1.29, 1.82) is 0 Å². The Morgan fingerprint density at radius 3 is 3.12 bits per heavy atom. The predicted octanol–water partition coefficient (Wildman–Crippen LogP) is 2.13. The van der Waals surface area contributed by atoms with Crippen LogP contribution in [-0.2, 0) is 11.3 Å². The second-order valence-corrected chi connectivity index (χ2v) is 5.62. The summed E-state index contributed by atoms with van der Waals surface area (Å²) in [5, 5.41) is 7.47. The van der Waals surface area contributed by atoms with Crippen LogP contribution >= 0.6 is 12.4 Å². The van der Waals surface area contributed by atoms with E-state index in [1.54, 1.807) is 6.20 Å². The largest absolute Gasteiger partial charge is 0.371 e. The zero-order chi connectivity index (χ0) is 16.1. The third kappa shape index (κ3) is 4.51. The molecule has 1 fully saturated rings. The Labute approximate surface area is 148 Å². The highest BCUT2D eigenvalue weighted by atomic mass is 35.5. The number of rotatable bonds is 6. The van der Waals surface area contributed by atoms with E-state index in [-0.39, 0.29) is 24.6 Å². The molecule has 7 nitrogen and oxygen atoms in total. The van der Waals surface area contributed by atoms with E-state index in [4.69, 9.17) is 9.26 Å². The summed E-state index contributed by atoms with van der Waals surface area (Å²) in [6.45, 7) is 7.92. The van der Waals surface area contributed by atoms with Crippen LogP contribution in [0.4, 0.5) is 0 Å². The van der Waals surface area contributed by atoms with Gasteiger partial charge in [-0.3, -0.25) is 9.88 Å². The van der Waals surface area contributed by atoms with E-state index in [1.807, 2.05) is 26.1 Å². The van der Waals surface area contributed by atoms with Gasteiger partial charge in [0, 0.05) is 44.7 Å². The molecule has 0 amide bonds. The highest BCUT2D eigenvalue weighted by molar-refractivity contribution is 5.85. The smallest absolute Gasteiger partial charge is 0.240 e. The molecule has 1 N–H and O–H groups in total. The van der Waals surface area contributed by atoms with E-state index in [0.717, 1.165) is 19.6 Å². The number of pyridine rings is 1. The minimum atomic E-state index is -0.144. The molecule has 0 bridgehead atoms. The van der Waals surface area contributed by atoms with Crippen molar-refractivity contribution in [2.45, 2.75) is 32.5 Å².